The van der Waals surface area contributed by atoms with Gasteiger partial charge in [-0.15, -0.1) is 0 Å². The third kappa shape index (κ3) is 5.41. The van der Waals surface area contributed by atoms with Crippen LogP contribution in [0.25, 0.3) is 11.1 Å². The Morgan fingerprint density at radius 1 is 1.06 bits per heavy atom. The summed E-state index contributed by atoms with van der Waals surface area (Å²) in [6, 6.07) is 18.1. The van der Waals surface area contributed by atoms with Crippen molar-refractivity contribution in [2.75, 3.05) is 37.7 Å². The second-order valence-electron chi connectivity index (χ2n) is 8.19. The first-order chi connectivity index (χ1) is 16.0. The van der Waals surface area contributed by atoms with Gasteiger partial charge in [-0.05, 0) is 48.4 Å². The van der Waals surface area contributed by atoms with Crippen molar-refractivity contribution in [2.24, 2.45) is 0 Å². The zero-order valence-electron chi connectivity index (χ0n) is 18.9. The van der Waals surface area contributed by atoms with Crippen molar-refractivity contribution in [1.29, 1.82) is 0 Å². The molecule has 0 amide bonds. The monoisotopic (exact) mass is 443 g/mol. The molecule has 0 aliphatic carbocycles. The fourth-order valence-corrected chi connectivity index (χ4v) is 4.14. The molecule has 0 radical (unpaired) electrons. The Labute approximate surface area is 194 Å². The van der Waals surface area contributed by atoms with Gasteiger partial charge in [-0.25, -0.2) is 4.79 Å². The van der Waals surface area contributed by atoms with E-state index in [1.807, 2.05) is 24.3 Å². The van der Waals surface area contributed by atoms with Crippen LogP contribution in [0.15, 0.2) is 79.6 Å². The molecule has 1 atom stereocenters. The van der Waals surface area contributed by atoms with E-state index in [-0.39, 0.29) is 18.3 Å². The van der Waals surface area contributed by atoms with Gasteiger partial charge in [0.05, 0.1) is 11.8 Å². The molecule has 0 spiro atoms. The Hall–Kier alpha value is -3.64. The number of rotatable bonds is 7. The van der Waals surface area contributed by atoms with Crippen molar-refractivity contribution < 1.29 is 14.6 Å². The topological polar surface area (TPSA) is 65.9 Å². The molecular formula is C27H29N3O3. The van der Waals surface area contributed by atoms with Crippen molar-refractivity contribution in [3.63, 3.8) is 0 Å². The fourth-order valence-electron chi connectivity index (χ4n) is 4.14. The number of hydrogen-bond donors (Lipinski definition) is 1. The van der Waals surface area contributed by atoms with Gasteiger partial charge < -0.3 is 14.7 Å². The van der Waals surface area contributed by atoms with E-state index >= 15 is 0 Å². The van der Waals surface area contributed by atoms with Gasteiger partial charge in [-0.1, -0.05) is 36.9 Å². The molecule has 0 bridgehead atoms. The number of nitrogens with zero attached hydrogens (tertiary/aromatic N) is 3. The summed E-state index contributed by atoms with van der Waals surface area (Å²) >= 11 is 0. The van der Waals surface area contributed by atoms with Gasteiger partial charge in [0.15, 0.2) is 0 Å². The number of esters is 1. The highest BCUT2D eigenvalue weighted by Crippen LogP contribution is 2.27. The van der Waals surface area contributed by atoms with E-state index in [0.717, 1.165) is 43.0 Å². The number of ether oxygens (including phenoxy) is 1. The van der Waals surface area contributed by atoms with Crippen LogP contribution in [0.4, 0.5) is 5.69 Å². The van der Waals surface area contributed by atoms with E-state index in [1.54, 1.807) is 18.3 Å². The smallest absolute Gasteiger partial charge is 0.338 e. The molecule has 1 aliphatic rings. The van der Waals surface area contributed by atoms with Crippen molar-refractivity contribution in [2.45, 2.75) is 13.0 Å². The van der Waals surface area contributed by atoms with Gasteiger partial charge >= 0.3 is 5.97 Å². The molecule has 1 saturated heterocycles. The van der Waals surface area contributed by atoms with Crippen LogP contribution in [0.3, 0.4) is 0 Å². The van der Waals surface area contributed by atoms with Crippen LogP contribution in [-0.4, -0.2) is 53.7 Å². The summed E-state index contributed by atoms with van der Waals surface area (Å²) in [6.45, 7) is 9.80. The lowest BCUT2D eigenvalue weighted by Crippen LogP contribution is -2.47. The zero-order valence-corrected chi connectivity index (χ0v) is 18.9. The molecule has 4 rings (SSSR count). The molecule has 6 heteroatoms. The van der Waals surface area contributed by atoms with E-state index in [2.05, 4.69) is 52.6 Å². The number of carbonyl (C=O) groups is 1. The van der Waals surface area contributed by atoms with E-state index in [0.29, 0.717) is 11.6 Å². The number of hydrogen-bond acceptors (Lipinski definition) is 6. The lowest BCUT2D eigenvalue weighted by molar-refractivity contribution is 0.0549. The molecule has 1 fully saturated rings. The average molecular weight is 444 g/mol. The molecule has 1 unspecified atom stereocenters. The number of aromatic hydroxyl groups is 1. The summed E-state index contributed by atoms with van der Waals surface area (Å²) in [4.78, 5) is 20.9. The van der Waals surface area contributed by atoms with Crippen molar-refractivity contribution >= 4 is 11.7 Å². The first-order valence-corrected chi connectivity index (χ1v) is 11.2. The minimum Gasteiger partial charge on any atom is -0.506 e. The Morgan fingerprint density at radius 2 is 1.76 bits per heavy atom. The molecule has 3 aromatic rings. The van der Waals surface area contributed by atoms with Gasteiger partial charge in [-0.3, -0.25) is 9.88 Å². The predicted molar refractivity (Wildman–Crippen MR) is 130 cm³/mol. The Bertz CT molecular complexity index is 1090. The first kappa shape index (κ1) is 22.6. The number of carbonyl (C=O) groups excluding carboxylic acids is 1. The van der Waals surface area contributed by atoms with E-state index in [1.165, 1.54) is 11.8 Å². The summed E-state index contributed by atoms with van der Waals surface area (Å²) in [5, 5.41) is 9.66. The van der Waals surface area contributed by atoms with E-state index in [4.69, 9.17) is 4.74 Å². The quantitative estimate of drug-likeness (QED) is 0.423. The fraction of sp³-hybridized carbons (Fsp3) is 0.259. The number of piperazine rings is 1. The average Bonchev–Trinajstić information content (AvgIpc) is 2.87. The second-order valence-corrected chi connectivity index (χ2v) is 8.19. The molecule has 0 saturated carbocycles. The van der Waals surface area contributed by atoms with Crippen molar-refractivity contribution in [3.05, 3.63) is 90.8 Å². The first-order valence-electron chi connectivity index (χ1n) is 11.2. The van der Waals surface area contributed by atoms with Crippen LogP contribution in [0.2, 0.25) is 0 Å². The van der Waals surface area contributed by atoms with E-state index in [9.17, 15) is 9.90 Å². The highest BCUT2D eigenvalue weighted by atomic mass is 16.5. The van der Waals surface area contributed by atoms with Crippen molar-refractivity contribution in [3.8, 4) is 16.9 Å². The molecule has 6 nitrogen and oxygen atoms in total. The van der Waals surface area contributed by atoms with Crippen LogP contribution in [-0.2, 0) is 4.74 Å². The second kappa shape index (κ2) is 10.3. The third-order valence-corrected chi connectivity index (χ3v) is 6.11. The van der Waals surface area contributed by atoms with Gasteiger partial charge in [0.1, 0.15) is 12.4 Å². The molecular weight excluding hydrogens is 414 g/mol. The summed E-state index contributed by atoms with van der Waals surface area (Å²) in [5.74, 6) is -0.156. The third-order valence-electron chi connectivity index (χ3n) is 6.11. The van der Waals surface area contributed by atoms with E-state index < -0.39 is 0 Å². The maximum Gasteiger partial charge on any atom is 0.338 e. The van der Waals surface area contributed by atoms with Crippen LogP contribution in [0.5, 0.6) is 5.75 Å². The molecule has 1 N–H and O–H groups in total. The SMILES string of the molecule is C=CCOC(=O)c1ccc(N2CCN(C(C)c3ccc(-c4cncc(O)c4)cc3)CC2)cc1. The minimum atomic E-state index is -0.327. The standard InChI is InChI=1S/C27H29N3O3/c1-3-16-33-27(32)23-8-10-25(11-9-23)30-14-12-29(13-15-30)20(2)21-4-6-22(7-5-21)24-17-26(31)19-28-18-24/h3-11,17-20,31H,1,12-16H2,2H3. The molecule has 170 valence electrons. The molecule has 33 heavy (non-hydrogen) atoms. The maximum atomic E-state index is 12.0. The molecule has 2 heterocycles. The Balaban J connectivity index is 1.34. The highest BCUT2D eigenvalue weighted by Gasteiger charge is 2.22. The van der Waals surface area contributed by atoms with Crippen LogP contribution < -0.4 is 4.90 Å². The summed E-state index contributed by atoms with van der Waals surface area (Å²) in [6.07, 6.45) is 4.76. The highest BCUT2D eigenvalue weighted by molar-refractivity contribution is 5.89. The largest absolute Gasteiger partial charge is 0.506 e. The van der Waals surface area contributed by atoms with Crippen LogP contribution in [0.1, 0.15) is 28.9 Å². The molecule has 1 aromatic heterocycles. The normalized spacial score (nSPS) is 15.1. The van der Waals surface area contributed by atoms with Crippen LogP contribution in [0, 0.1) is 0 Å². The Morgan fingerprint density at radius 3 is 2.39 bits per heavy atom. The Kier molecular flexibility index (Phi) is 7.05. The number of anilines is 1. The lowest BCUT2D eigenvalue weighted by Gasteiger charge is -2.39. The van der Waals surface area contributed by atoms with Crippen molar-refractivity contribution in [1.82, 2.24) is 9.88 Å². The number of benzene rings is 2. The minimum absolute atomic E-state index is 0.171. The lowest BCUT2D eigenvalue weighted by atomic mass is 10.0. The van der Waals surface area contributed by atoms with Gasteiger partial charge in [0, 0.05) is 49.7 Å². The van der Waals surface area contributed by atoms with Gasteiger partial charge in [0.25, 0.3) is 0 Å². The van der Waals surface area contributed by atoms with Gasteiger partial charge in [0.2, 0.25) is 0 Å². The molecule has 1 aliphatic heterocycles. The summed E-state index contributed by atoms with van der Waals surface area (Å²) < 4.78 is 5.09. The molecule has 2 aromatic carbocycles. The number of aromatic nitrogens is 1. The summed E-state index contributed by atoms with van der Waals surface area (Å²) in [7, 11) is 0. The summed E-state index contributed by atoms with van der Waals surface area (Å²) in [5.41, 5.74) is 4.88. The zero-order chi connectivity index (χ0) is 23.2. The van der Waals surface area contributed by atoms with Crippen LogP contribution >= 0.6 is 0 Å². The predicted octanol–water partition coefficient (Wildman–Crippen LogP) is 4.68. The van der Waals surface area contributed by atoms with Gasteiger partial charge in [-0.2, -0.15) is 0 Å². The maximum absolute atomic E-state index is 12.0. The number of pyridine rings is 1.